The summed E-state index contributed by atoms with van der Waals surface area (Å²) in [6.45, 7) is 3.34. The highest BCUT2D eigenvalue weighted by Gasteiger charge is 2.25. The number of sulfonamides is 1. The minimum atomic E-state index is -3.78. The van der Waals surface area contributed by atoms with E-state index in [1.54, 1.807) is 13.8 Å². The van der Waals surface area contributed by atoms with Gasteiger partial charge in [0.25, 0.3) is 5.69 Å². The number of nitro groups is 1. The maximum Gasteiger partial charge on any atom is 0.269 e. The number of benzene rings is 1. The van der Waals surface area contributed by atoms with Crippen LogP contribution in [0.2, 0.25) is 0 Å². The summed E-state index contributed by atoms with van der Waals surface area (Å²) in [5.41, 5.74) is 5.40. The Bertz CT molecular complexity index is 625. The van der Waals surface area contributed by atoms with Gasteiger partial charge < -0.3 is 5.73 Å². The topological polar surface area (TPSA) is 132 Å². The van der Waals surface area contributed by atoms with Crippen molar-refractivity contribution in [3.63, 3.8) is 0 Å². The van der Waals surface area contributed by atoms with Crippen molar-refractivity contribution < 1.29 is 18.1 Å². The molecule has 1 rings (SSSR count). The Balaban J connectivity index is 2.85. The molecule has 0 saturated heterocycles. The lowest BCUT2D eigenvalue weighted by atomic mass is 10.1. The van der Waals surface area contributed by atoms with E-state index < -0.39 is 26.9 Å². The van der Waals surface area contributed by atoms with Crippen LogP contribution in [0.1, 0.15) is 19.4 Å². The molecule has 1 aromatic carbocycles. The largest absolute Gasteiger partial charge is 0.368 e. The summed E-state index contributed by atoms with van der Waals surface area (Å²) in [5.74, 6) is -1.42. The van der Waals surface area contributed by atoms with Gasteiger partial charge in [-0.25, -0.2) is 13.1 Å². The van der Waals surface area contributed by atoms with Crippen molar-refractivity contribution in [2.75, 3.05) is 0 Å². The molecule has 0 aliphatic carbocycles. The molecule has 0 heterocycles. The Morgan fingerprint density at radius 3 is 2.24 bits per heavy atom. The number of rotatable bonds is 7. The normalized spacial score (nSPS) is 13.1. The Kier molecular flexibility index (Phi) is 5.39. The van der Waals surface area contributed by atoms with E-state index in [0.717, 1.165) is 0 Å². The predicted molar refractivity (Wildman–Crippen MR) is 76.7 cm³/mol. The van der Waals surface area contributed by atoms with Gasteiger partial charge in [-0.2, -0.15) is 0 Å². The number of hydrogen-bond acceptors (Lipinski definition) is 5. The fraction of sp³-hybridized carbons (Fsp3) is 0.417. The van der Waals surface area contributed by atoms with Crippen molar-refractivity contribution >= 4 is 21.6 Å². The number of primary amides is 1. The van der Waals surface area contributed by atoms with Gasteiger partial charge in [-0.15, -0.1) is 0 Å². The molecule has 1 aromatic rings. The van der Waals surface area contributed by atoms with Crippen LogP contribution < -0.4 is 10.5 Å². The summed E-state index contributed by atoms with van der Waals surface area (Å²) < 4.78 is 26.2. The summed E-state index contributed by atoms with van der Waals surface area (Å²) >= 11 is 0. The average Bonchev–Trinajstić information content (AvgIpc) is 2.35. The van der Waals surface area contributed by atoms with Crippen LogP contribution in [0.25, 0.3) is 0 Å². The van der Waals surface area contributed by atoms with E-state index in [0.29, 0.717) is 5.56 Å². The highest BCUT2D eigenvalue weighted by Crippen LogP contribution is 2.14. The number of nitrogens with one attached hydrogen (secondary N) is 1. The van der Waals surface area contributed by atoms with Crippen molar-refractivity contribution in [1.29, 1.82) is 0 Å². The number of nitrogens with two attached hydrogens (primary N) is 1. The summed E-state index contributed by atoms with van der Waals surface area (Å²) in [6, 6.07) is 4.16. The smallest absolute Gasteiger partial charge is 0.269 e. The van der Waals surface area contributed by atoms with Crippen molar-refractivity contribution in [2.24, 2.45) is 11.7 Å². The van der Waals surface area contributed by atoms with Crippen molar-refractivity contribution in [3.05, 3.63) is 39.9 Å². The zero-order chi connectivity index (χ0) is 16.2. The van der Waals surface area contributed by atoms with E-state index in [1.165, 1.54) is 24.3 Å². The van der Waals surface area contributed by atoms with Gasteiger partial charge in [0.15, 0.2) is 0 Å². The second kappa shape index (κ2) is 6.64. The Hall–Kier alpha value is -2.00. The molecule has 8 nitrogen and oxygen atoms in total. The molecule has 0 aromatic heterocycles. The molecule has 1 unspecified atom stereocenters. The summed E-state index contributed by atoms with van der Waals surface area (Å²) in [4.78, 5) is 21.2. The number of amides is 1. The van der Waals surface area contributed by atoms with Crippen molar-refractivity contribution in [3.8, 4) is 0 Å². The van der Waals surface area contributed by atoms with Gasteiger partial charge in [-0.1, -0.05) is 26.0 Å². The van der Waals surface area contributed by atoms with Gasteiger partial charge in [0.05, 0.1) is 10.7 Å². The zero-order valence-corrected chi connectivity index (χ0v) is 12.5. The molecule has 0 fully saturated rings. The first kappa shape index (κ1) is 17.1. The van der Waals surface area contributed by atoms with Crippen LogP contribution in [0.3, 0.4) is 0 Å². The van der Waals surface area contributed by atoms with E-state index in [9.17, 15) is 23.3 Å². The van der Waals surface area contributed by atoms with Crippen molar-refractivity contribution in [2.45, 2.75) is 25.6 Å². The van der Waals surface area contributed by atoms with Gasteiger partial charge in [-0.3, -0.25) is 14.9 Å². The van der Waals surface area contributed by atoms with Crippen LogP contribution in [-0.2, 0) is 20.6 Å². The van der Waals surface area contributed by atoms with E-state index in [4.69, 9.17) is 5.73 Å². The minimum Gasteiger partial charge on any atom is -0.368 e. The maximum absolute atomic E-state index is 12.0. The van der Waals surface area contributed by atoms with E-state index in [1.807, 2.05) is 0 Å². The molecular formula is C12H17N3O5S. The average molecular weight is 315 g/mol. The first-order valence-corrected chi connectivity index (χ1v) is 7.80. The number of carbonyl (C=O) groups excluding carboxylic acids is 1. The van der Waals surface area contributed by atoms with Crippen LogP contribution in [0, 0.1) is 16.0 Å². The van der Waals surface area contributed by atoms with Crippen molar-refractivity contribution in [1.82, 2.24) is 4.72 Å². The van der Waals surface area contributed by atoms with Crippen LogP contribution in [-0.4, -0.2) is 25.3 Å². The lowest BCUT2D eigenvalue weighted by Crippen LogP contribution is -2.47. The molecule has 21 heavy (non-hydrogen) atoms. The maximum atomic E-state index is 12.0. The summed E-state index contributed by atoms with van der Waals surface area (Å²) in [5, 5.41) is 10.5. The number of nitro benzene ring substituents is 1. The molecule has 116 valence electrons. The van der Waals surface area contributed by atoms with Gasteiger partial charge >= 0.3 is 0 Å². The Labute approximate surface area is 122 Å². The van der Waals surface area contributed by atoms with Gasteiger partial charge in [-0.05, 0) is 11.5 Å². The third-order valence-corrected chi connectivity index (χ3v) is 4.11. The Morgan fingerprint density at radius 2 is 1.86 bits per heavy atom. The molecule has 1 atom stereocenters. The standard InChI is InChI=1S/C12H17N3O5S/c1-8(2)11(12(13)16)14-21(19,20)7-9-3-5-10(6-4-9)15(17)18/h3-6,8,11,14H,7H2,1-2H3,(H2,13,16). The first-order valence-electron chi connectivity index (χ1n) is 6.15. The molecule has 0 radical (unpaired) electrons. The van der Waals surface area contributed by atoms with Crippen LogP contribution in [0.15, 0.2) is 24.3 Å². The molecule has 0 saturated carbocycles. The fourth-order valence-corrected chi connectivity index (χ4v) is 3.18. The number of carbonyl (C=O) groups is 1. The van der Waals surface area contributed by atoms with Crippen LogP contribution >= 0.6 is 0 Å². The molecular weight excluding hydrogens is 298 g/mol. The zero-order valence-electron chi connectivity index (χ0n) is 11.6. The molecule has 1 amide bonds. The molecule has 0 aliphatic rings. The fourth-order valence-electron chi connectivity index (χ4n) is 1.69. The lowest BCUT2D eigenvalue weighted by Gasteiger charge is -2.18. The monoisotopic (exact) mass is 315 g/mol. The molecule has 0 bridgehead atoms. The number of hydrogen-bond donors (Lipinski definition) is 2. The second-order valence-corrected chi connectivity index (χ2v) is 6.68. The minimum absolute atomic E-state index is 0.124. The second-order valence-electron chi connectivity index (χ2n) is 4.92. The lowest BCUT2D eigenvalue weighted by molar-refractivity contribution is -0.384. The highest BCUT2D eigenvalue weighted by molar-refractivity contribution is 7.88. The van der Waals surface area contributed by atoms with E-state index >= 15 is 0 Å². The SMILES string of the molecule is CC(C)C(NS(=O)(=O)Cc1ccc([N+](=O)[O-])cc1)C(N)=O. The highest BCUT2D eigenvalue weighted by atomic mass is 32.2. The van der Waals surface area contributed by atoms with Crippen LogP contribution in [0.4, 0.5) is 5.69 Å². The van der Waals surface area contributed by atoms with E-state index in [2.05, 4.69) is 4.72 Å². The Morgan fingerprint density at radius 1 is 1.33 bits per heavy atom. The van der Waals surface area contributed by atoms with E-state index in [-0.39, 0.29) is 17.4 Å². The molecule has 9 heteroatoms. The third kappa shape index (κ3) is 5.12. The summed E-state index contributed by atoms with van der Waals surface area (Å²) in [7, 11) is -3.78. The van der Waals surface area contributed by atoms with Gasteiger partial charge in [0.2, 0.25) is 15.9 Å². The summed E-state index contributed by atoms with van der Waals surface area (Å²) in [6.07, 6.45) is 0. The predicted octanol–water partition coefficient (Wildman–Crippen LogP) is 0.524. The van der Waals surface area contributed by atoms with Gasteiger partial charge in [0.1, 0.15) is 6.04 Å². The molecule has 0 aliphatic heterocycles. The quantitative estimate of drug-likeness (QED) is 0.559. The third-order valence-electron chi connectivity index (χ3n) is 2.78. The number of non-ortho nitro benzene ring substituents is 1. The van der Waals surface area contributed by atoms with Crippen LogP contribution in [0.5, 0.6) is 0 Å². The van der Waals surface area contributed by atoms with Gasteiger partial charge in [0, 0.05) is 12.1 Å². The molecule has 3 N–H and O–H groups in total. The molecule has 0 spiro atoms. The first-order chi connectivity index (χ1) is 9.62. The number of nitrogens with zero attached hydrogens (tertiary/aromatic N) is 1.